The summed E-state index contributed by atoms with van der Waals surface area (Å²) in [5, 5.41) is 14.6. The van der Waals surface area contributed by atoms with Gasteiger partial charge in [-0.25, -0.2) is 18.2 Å². The van der Waals surface area contributed by atoms with Gasteiger partial charge in [0.05, 0.1) is 18.1 Å². The Kier molecular flexibility index (Phi) is 2.98. The Morgan fingerprint density at radius 1 is 1.33 bits per heavy atom. The molecular weight excluding hydrogens is 260 g/mol. The number of anilines is 1. The summed E-state index contributed by atoms with van der Waals surface area (Å²) >= 11 is 0. The van der Waals surface area contributed by atoms with Crippen molar-refractivity contribution in [1.29, 1.82) is 0 Å². The van der Waals surface area contributed by atoms with Crippen molar-refractivity contribution in [2.45, 2.75) is 4.90 Å². The Labute approximate surface area is 102 Å². The zero-order chi connectivity index (χ0) is 13.2. The molecule has 0 saturated carbocycles. The average Bonchev–Trinajstić information content (AvgIpc) is 2.83. The molecule has 2 heterocycles. The second-order valence-corrected chi connectivity index (χ2v) is 4.96. The number of pyridine rings is 1. The van der Waals surface area contributed by atoms with Crippen LogP contribution in [0.2, 0.25) is 0 Å². The highest BCUT2D eigenvalue weighted by molar-refractivity contribution is 7.92. The van der Waals surface area contributed by atoms with Crippen LogP contribution >= 0.6 is 0 Å². The number of H-pyrrole nitrogens is 1. The maximum absolute atomic E-state index is 11.8. The lowest BCUT2D eigenvalue weighted by Crippen LogP contribution is -2.12. The first kappa shape index (κ1) is 12.0. The first-order valence-corrected chi connectivity index (χ1v) is 6.18. The molecule has 2 rings (SSSR count). The summed E-state index contributed by atoms with van der Waals surface area (Å²) < 4.78 is 25.8. The summed E-state index contributed by atoms with van der Waals surface area (Å²) in [6.45, 7) is 0. The number of hydrogen-bond acceptors (Lipinski definition) is 5. The van der Waals surface area contributed by atoms with Gasteiger partial charge in [0.1, 0.15) is 10.6 Å². The molecule has 0 radical (unpaired) electrons. The van der Waals surface area contributed by atoms with Crippen molar-refractivity contribution in [3.63, 3.8) is 0 Å². The SMILES string of the molecule is O=C(O)c1ccc(NS(=O)(=O)c2cn[nH]c2)cn1. The molecule has 2 aromatic heterocycles. The number of nitrogens with zero attached hydrogens (tertiary/aromatic N) is 2. The lowest BCUT2D eigenvalue weighted by molar-refractivity contribution is 0.0690. The van der Waals surface area contributed by atoms with Crippen LogP contribution in [-0.4, -0.2) is 34.7 Å². The van der Waals surface area contributed by atoms with Gasteiger partial charge in [-0.15, -0.1) is 0 Å². The Bertz CT molecular complexity index is 648. The first-order chi connectivity index (χ1) is 8.49. The lowest BCUT2D eigenvalue weighted by atomic mass is 10.3. The molecule has 0 bridgehead atoms. The predicted molar refractivity (Wildman–Crippen MR) is 60.6 cm³/mol. The third kappa shape index (κ3) is 2.46. The van der Waals surface area contributed by atoms with Crippen LogP contribution in [-0.2, 0) is 10.0 Å². The van der Waals surface area contributed by atoms with Gasteiger partial charge in [-0.05, 0) is 12.1 Å². The number of nitrogens with one attached hydrogen (secondary N) is 2. The molecule has 0 unspecified atom stereocenters. The van der Waals surface area contributed by atoms with E-state index in [1.807, 2.05) is 0 Å². The quantitative estimate of drug-likeness (QED) is 0.732. The third-order valence-electron chi connectivity index (χ3n) is 2.02. The fourth-order valence-corrected chi connectivity index (χ4v) is 2.13. The van der Waals surface area contributed by atoms with E-state index in [2.05, 4.69) is 19.9 Å². The monoisotopic (exact) mass is 268 g/mol. The number of carboxylic acids is 1. The molecule has 0 fully saturated rings. The molecule has 94 valence electrons. The van der Waals surface area contributed by atoms with Gasteiger partial charge in [0.25, 0.3) is 10.0 Å². The van der Waals surface area contributed by atoms with E-state index >= 15 is 0 Å². The number of sulfonamides is 1. The average molecular weight is 268 g/mol. The van der Waals surface area contributed by atoms with Gasteiger partial charge in [-0.2, -0.15) is 5.10 Å². The molecule has 18 heavy (non-hydrogen) atoms. The van der Waals surface area contributed by atoms with Crippen molar-refractivity contribution in [1.82, 2.24) is 15.2 Å². The van der Waals surface area contributed by atoms with Crippen molar-refractivity contribution in [3.8, 4) is 0 Å². The summed E-state index contributed by atoms with van der Waals surface area (Å²) in [6, 6.07) is 2.52. The number of hydrogen-bond donors (Lipinski definition) is 3. The molecule has 3 N–H and O–H groups in total. The minimum absolute atomic E-state index is 0.0233. The summed E-state index contributed by atoms with van der Waals surface area (Å²) in [6.07, 6.45) is 3.50. The zero-order valence-electron chi connectivity index (χ0n) is 8.86. The Hall–Kier alpha value is -2.42. The smallest absolute Gasteiger partial charge is 0.354 e. The van der Waals surface area contributed by atoms with E-state index in [-0.39, 0.29) is 16.3 Å². The molecule has 0 aliphatic heterocycles. The molecule has 0 atom stereocenters. The van der Waals surface area contributed by atoms with Crippen LogP contribution < -0.4 is 4.72 Å². The maximum Gasteiger partial charge on any atom is 0.354 e. The Morgan fingerprint density at radius 3 is 2.61 bits per heavy atom. The normalized spacial score (nSPS) is 11.1. The molecule has 0 saturated heterocycles. The lowest BCUT2D eigenvalue weighted by Gasteiger charge is -2.05. The van der Waals surface area contributed by atoms with Crippen molar-refractivity contribution >= 4 is 21.7 Å². The molecule has 0 aliphatic rings. The molecule has 9 heteroatoms. The second-order valence-electron chi connectivity index (χ2n) is 3.28. The van der Waals surface area contributed by atoms with Crippen molar-refractivity contribution in [2.24, 2.45) is 0 Å². The van der Waals surface area contributed by atoms with E-state index in [1.54, 1.807) is 0 Å². The standard InChI is InChI=1S/C9H8N4O4S/c14-9(15)8-2-1-6(3-10-8)13-18(16,17)7-4-11-12-5-7/h1-5,13H,(H,11,12)(H,14,15). The van der Waals surface area contributed by atoms with E-state index in [0.29, 0.717) is 0 Å². The van der Waals surface area contributed by atoms with Crippen LogP contribution in [0.5, 0.6) is 0 Å². The highest BCUT2D eigenvalue weighted by Gasteiger charge is 2.15. The number of rotatable bonds is 4. The molecular formula is C9H8N4O4S. The van der Waals surface area contributed by atoms with Gasteiger partial charge in [0, 0.05) is 6.20 Å². The van der Waals surface area contributed by atoms with Crippen molar-refractivity contribution < 1.29 is 18.3 Å². The van der Waals surface area contributed by atoms with E-state index < -0.39 is 16.0 Å². The predicted octanol–water partition coefficient (Wildman–Crippen LogP) is 0.304. The highest BCUT2D eigenvalue weighted by atomic mass is 32.2. The minimum atomic E-state index is -3.73. The molecule has 0 aliphatic carbocycles. The molecule has 8 nitrogen and oxygen atoms in total. The minimum Gasteiger partial charge on any atom is -0.477 e. The second kappa shape index (κ2) is 4.45. The summed E-state index contributed by atoms with van der Waals surface area (Å²) in [5.41, 5.74) is 0.00228. The number of carboxylic acid groups (broad SMARTS) is 1. The van der Waals surface area contributed by atoms with Crippen LogP contribution in [0.4, 0.5) is 5.69 Å². The van der Waals surface area contributed by atoms with Crippen LogP contribution in [0, 0.1) is 0 Å². The van der Waals surface area contributed by atoms with Crippen molar-refractivity contribution in [3.05, 3.63) is 36.4 Å². The molecule has 0 aromatic carbocycles. The molecule has 0 spiro atoms. The number of aromatic nitrogens is 3. The van der Waals surface area contributed by atoms with E-state index in [1.165, 1.54) is 18.3 Å². The van der Waals surface area contributed by atoms with Gasteiger partial charge in [-0.1, -0.05) is 0 Å². The van der Waals surface area contributed by atoms with Crippen molar-refractivity contribution in [2.75, 3.05) is 4.72 Å². The van der Waals surface area contributed by atoms with Gasteiger partial charge < -0.3 is 5.11 Å². The summed E-state index contributed by atoms with van der Waals surface area (Å²) in [4.78, 5) is 14.1. The third-order valence-corrected chi connectivity index (χ3v) is 3.37. The molecule has 0 amide bonds. The fourth-order valence-electron chi connectivity index (χ4n) is 1.18. The summed E-state index contributed by atoms with van der Waals surface area (Å²) in [7, 11) is -3.73. The zero-order valence-corrected chi connectivity index (χ0v) is 9.68. The summed E-state index contributed by atoms with van der Waals surface area (Å²) in [5.74, 6) is -1.18. The highest BCUT2D eigenvalue weighted by Crippen LogP contribution is 2.13. The van der Waals surface area contributed by atoms with Gasteiger partial charge in [-0.3, -0.25) is 9.82 Å². The van der Waals surface area contributed by atoms with E-state index in [4.69, 9.17) is 5.11 Å². The number of aromatic amines is 1. The fraction of sp³-hybridized carbons (Fsp3) is 0. The maximum atomic E-state index is 11.8. The molecule has 2 aromatic rings. The number of aromatic carboxylic acids is 1. The topological polar surface area (TPSA) is 125 Å². The number of carbonyl (C=O) groups is 1. The Balaban J connectivity index is 2.22. The van der Waals surface area contributed by atoms with Gasteiger partial charge in [0.2, 0.25) is 0 Å². The van der Waals surface area contributed by atoms with Crippen LogP contribution in [0.15, 0.2) is 35.6 Å². The van der Waals surface area contributed by atoms with Crippen LogP contribution in [0.3, 0.4) is 0 Å². The van der Waals surface area contributed by atoms with E-state index in [9.17, 15) is 13.2 Å². The van der Waals surface area contributed by atoms with E-state index in [0.717, 1.165) is 12.4 Å². The van der Waals surface area contributed by atoms with Gasteiger partial charge in [0.15, 0.2) is 0 Å². The van der Waals surface area contributed by atoms with Gasteiger partial charge >= 0.3 is 5.97 Å². The first-order valence-electron chi connectivity index (χ1n) is 4.70. The Morgan fingerprint density at radius 2 is 2.11 bits per heavy atom. The largest absolute Gasteiger partial charge is 0.477 e. The van der Waals surface area contributed by atoms with Crippen LogP contribution in [0.25, 0.3) is 0 Å². The van der Waals surface area contributed by atoms with Crippen LogP contribution in [0.1, 0.15) is 10.5 Å².